The van der Waals surface area contributed by atoms with Crippen molar-refractivity contribution in [3.8, 4) is 0 Å². The smallest absolute Gasteiger partial charge is 0.251 e. The normalized spacial score (nSPS) is 20.2. The molecular formula is C22H21Br2N3O3. The molecule has 2 amide bonds. The minimum atomic E-state index is -0.421. The molecule has 1 atom stereocenters. The molecule has 0 bridgehead atoms. The summed E-state index contributed by atoms with van der Waals surface area (Å²) in [5.41, 5.74) is 2.35. The zero-order valence-corrected chi connectivity index (χ0v) is 19.6. The lowest BCUT2D eigenvalue weighted by Crippen LogP contribution is -2.52. The van der Waals surface area contributed by atoms with Gasteiger partial charge in [-0.05, 0) is 65.3 Å². The van der Waals surface area contributed by atoms with Gasteiger partial charge in [0.1, 0.15) is 0 Å². The second kappa shape index (κ2) is 8.61. The molecule has 0 N–H and O–H groups in total. The molecule has 0 aromatic heterocycles. The molecule has 1 unspecified atom stereocenters. The molecule has 30 heavy (non-hydrogen) atoms. The fraction of sp³-hybridized carbons (Fsp3) is 0.318. The van der Waals surface area contributed by atoms with E-state index in [1.54, 1.807) is 13.0 Å². The van der Waals surface area contributed by atoms with Crippen LogP contribution in [0.15, 0.2) is 51.4 Å². The quantitative estimate of drug-likeness (QED) is 0.440. The van der Waals surface area contributed by atoms with Crippen molar-refractivity contribution in [1.29, 1.82) is 0 Å². The average molecular weight is 535 g/mol. The number of halogens is 2. The summed E-state index contributed by atoms with van der Waals surface area (Å²) >= 11 is 6.86. The highest BCUT2D eigenvalue weighted by Crippen LogP contribution is 2.34. The Kier molecular flexibility index (Phi) is 6.09. The van der Waals surface area contributed by atoms with Crippen molar-refractivity contribution in [1.82, 2.24) is 4.90 Å². The van der Waals surface area contributed by atoms with Crippen LogP contribution in [-0.2, 0) is 9.59 Å². The Morgan fingerprint density at radius 1 is 0.967 bits per heavy atom. The lowest BCUT2D eigenvalue weighted by atomic mass is 10.1. The largest absolute Gasteiger partial charge is 0.369 e. The third kappa shape index (κ3) is 4.08. The summed E-state index contributed by atoms with van der Waals surface area (Å²) in [5, 5.41) is 0. The number of piperazine rings is 1. The van der Waals surface area contributed by atoms with Crippen LogP contribution in [0, 0.1) is 0 Å². The second-order valence-corrected chi connectivity index (χ2v) is 9.28. The van der Waals surface area contributed by atoms with Gasteiger partial charge in [-0.3, -0.25) is 19.3 Å². The summed E-state index contributed by atoms with van der Waals surface area (Å²) in [6.45, 7) is 4.49. The number of nitrogens with zero attached hydrogens (tertiary/aromatic N) is 3. The Balaban J connectivity index is 1.43. The molecule has 8 heteroatoms. The Bertz CT molecular complexity index is 1000. The van der Waals surface area contributed by atoms with E-state index in [0.29, 0.717) is 28.8 Å². The summed E-state index contributed by atoms with van der Waals surface area (Å²) in [7, 11) is 0. The van der Waals surface area contributed by atoms with Crippen molar-refractivity contribution in [3.63, 3.8) is 0 Å². The molecule has 2 heterocycles. The van der Waals surface area contributed by atoms with Crippen molar-refractivity contribution in [3.05, 3.63) is 57.0 Å². The first kappa shape index (κ1) is 21.2. The molecule has 2 aromatic rings. The Morgan fingerprint density at radius 3 is 2.23 bits per heavy atom. The number of carbonyl (C=O) groups is 3. The number of imide groups is 1. The Morgan fingerprint density at radius 2 is 1.63 bits per heavy atom. The molecule has 2 aliphatic rings. The van der Waals surface area contributed by atoms with Crippen molar-refractivity contribution >= 4 is 60.8 Å². The summed E-state index contributed by atoms with van der Waals surface area (Å²) in [4.78, 5) is 42.8. The van der Waals surface area contributed by atoms with E-state index in [2.05, 4.69) is 41.7 Å². The number of rotatable bonds is 4. The molecule has 2 saturated heterocycles. The van der Waals surface area contributed by atoms with Crippen molar-refractivity contribution < 1.29 is 14.4 Å². The summed E-state index contributed by atoms with van der Waals surface area (Å²) in [5.74, 6) is -0.282. The van der Waals surface area contributed by atoms with E-state index in [0.717, 1.165) is 23.2 Å². The summed E-state index contributed by atoms with van der Waals surface area (Å²) in [6, 6.07) is 12.6. The molecule has 2 aromatic carbocycles. The van der Waals surface area contributed by atoms with Gasteiger partial charge in [-0.15, -0.1) is 0 Å². The van der Waals surface area contributed by atoms with E-state index in [1.165, 1.54) is 4.90 Å². The molecule has 2 fully saturated rings. The molecular weight excluding hydrogens is 514 g/mol. The van der Waals surface area contributed by atoms with Crippen LogP contribution in [-0.4, -0.2) is 54.7 Å². The van der Waals surface area contributed by atoms with E-state index >= 15 is 0 Å². The maximum atomic E-state index is 13.1. The minimum Gasteiger partial charge on any atom is -0.369 e. The standard InChI is InChI=1S/C22H21Br2N3O3/c1-14(28)15-2-5-17(6-3-15)25-8-10-26(11-9-25)20-13-21(29)27(22(20)30)19-7-4-16(23)12-18(19)24/h2-7,12,20H,8-11,13H2,1H3. The number of Topliss-reactive ketones (excluding diaryl/α,β-unsaturated/α-hetero) is 1. The first-order valence-corrected chi connectivity index (χ1v) is 11.4. The molecule has 6 nitrogen and oxygen atoms in total. The molecule has 2 aliphatic heterocycles. The van der Waals surface area contributed by atoms with E-state index in [9.17, 15) is 14.4 Å². The maximum Gasteiger partial charge on any atom is 0.251 e. The first-order valence-electron chi connectivity index (χ1n) is 9.77. The monoisotopic (exact) mass is 533 g/mol. The number of anilines is 2. The molecule has 0 aliphatic carbocycles. The van der Waals surface area contributed by atoms with Crippen LogP contribution in [0.5, 0.6) is 0 Å². The highest BCUT2D eigenvalue weighted by molar-refractivity contribution is 9.11. The van der Waals surface area contributed by atoms with Gasteiger partial charge in [0.05, 0.1) is 18.2 Å². The highest BCUT2D eigenvalue weighted by Gasteiger charge is 2.43. The van der Waals surface area contributed by atoms with Crippen LogP contribution < -0.4 is 9.80 Å². The second-order valence-electron chi connectivity index (χ2n) is 7.51. The van der Waals surface area contributed by atoms with Gasteiger partial charge in [-0.1, -0.05) is 15.9 Å². The zero-order chi connectivity index (χ0) is 21.4. The third-order valence-corrected chi connectivity index (χ3v) is 6.80. The van der Waals surface area contributed by atoms with Crippen LogP contribution in [0.1, 0.15) is 23.7 Å². The lowest BCUT2D eigenvalue weighted by Gasteiger charge is -2.38. The molecule has 4 rings (SSSR count). The molecule has 0 radical (unpaired) electrons. The highest BCUT2D eigenvalue weighted by atomic mass is 79.9. The molecule has 156 valence electrons. The van der Waals surface area contributed by atoms with Crippen LogP contribution in [0.2, 0.25) is 0 Å². The van der Waals surface area contributed by atoms with Crippen LogP contribution in [0.25, 0.3) is 0 Å². The van der Waals surface area contributed by atoms with Gasteiger partial charge in [0.25, 0.3) is 5.91 Å². The molecule has 0 spiro atoms. The van der Waals surface area contributed by atoms with E-state index < -0.39 is 6.04 Å². The average Bonchev–Trinajstić information content (AvgIpc) is 3.02. The van der Waals surface area contributed by atoms with Gasteiger partial charge in [0, 0.05) is 46.4 Å². The van der Waals surface area contributed by atoms with Gasteiger partial charge in [-0.25, -0.2) is 4.90 Å². The zero-order valence-electron chi connectivity index (χ0n) is 16.5. The summed E-state index contributed by atoms with van der Waals surface area (Å²) < 4.78 is 1.58. The number of carbonyl (C=O) groups excluding carboxylic acids is 3. The minimum absolute atomic E-state index is 0.0535. The van der Waals surface area contributed by atoms with Crippen molar-refractivity contribution in [2.24, 2.45) is 0 Å². The fourth-order valence-corrected chi connectivity index (χ4v) is 5.24. The lowest BCUT2D eigenvalue weighted by molar-refractivity contribution is -0.123. The predicted molar refractivity (Wildman–Crippen MR) is 123 cm³/mol. The Hall–Kier alpha value is -2.03. The van der Waals surface area contributed by atoms with Gasteiger partial charge in [0.15, 0.2) is 5.78 Å². The SMILES string of the molecule is CC(=O)c1ccc(N2CCN(C3CC(=O)N(c4ccc(Br)cc4Br)C3=O)CC2)cc1. The van der Waals surface area contributed by atoms with Crippen LogP contribution in [0.4, 0.5) is 11.4 Å². The van der Waals surface area contributed by atoms with Crippen molar-refractivity contribution in [2.75, 3.05) is 36.0 Å². The number of amides is 2. The number of hydrogen-bond acceptors (Lipinski definition) is 5. The van der Waals surface area contributed by atoms with Gasteiger partial charge in [0.2, 0.25) is 5.91 Å². The first-order chi connectivity index (χ1) is 14.3. The van der Waals surface area contributed by atoms with Gasteiger partial charge >= 0.3 is 0 Å². The van der Waals surface area contributed by atoms with E-state index in [4.69, 9.17) is 0 Å². The van der Waals surface area contributed by atoms with Crippen molar-refractivity contribution in [2.45, 2.75) is 19.4 Å². The number of benzene rings is 2. The predicted octanol–water partition coefficient (Wildman–Crippen LogP) is 3.87. The van der Waals surface area contributed by atoms with Gasteiger partial charge in [-0.2, -0.15) is 0 Å². The topological polar surface area (TPSA) is 60.9 Å². The summed E-state index contributed by atoms with van der Waals surface area (Å²) in [6.07, 6.45) is 0.203. The van der Waals surface area contributed by atoms with Crippen LogP contribution in [0.3, 0.4) is 0 Å². The third-order valence-electron chi connectivity index (χ3n) is 5.67. The number of ketones is 1. The Labute approximate surface area is 192 Å². The number of hydrogen-bond donors (Lipinski definition) is 0. The fourth-order valence-electron chi connectivity index (χ4n) is 4.02. The van der Waals surface area contributed by atoms with Gasteiger partial charge < -0.3 is 4.90 Å². The molecule has 0 saturated carbocycles. The van der Waals surface area contributed by atoms with Crippen LogP contribution >= 0.6 is 31.9 Å². The van der Waals surface area contributed by atoms with E-state index in [1.807, 2.05) is 36.4 Å². The maximum absolute atomic E-state index is 13.1. The van der Waals surface area contributed by atoms with E-state index in [-0.39, 0.29) is 24.0 Å².